The molecule has 0 radical (unpaired) electrons. The van der Waals surface area contributed by atoms with Crippen LogP contribution in [0.5, 0.6) is 0 Å². The molecule has 22 heavy (non-hydrogen) atoms. The number of likely N-dealkylation sites (N-methyl/N-ethyl adjacent to an activating group) is 1. The van der Waals surface area contributed by atoms with Crippen molar-refractivity contribution in [2.75, 3.05) is 26.2 Å². The Kier molecular flexibility index (Phi) is 5.90. The number of carboxylic acid groups (broad SMARTS) is 1. The number of hydrogen-bond acceptors (Lipinski definition) is 4. The molecular weight excluding hydrogens is 290 g/mol. The van der Waals surface area contributed by atoms with Crippen LogP contribution in [-0.4, -0.2) is 70.3 Å². The molecule has 0 atom stereocenters. The van der Waals surface area contributed by atoms with Crippen LogP contribution in [0.15, 0.2) is 0 Å². The van der Waals surface area contributed by atoms with Crippen molar-refractivity contribution in [3.05, 3.63) is 0 Å². The highest BCUT2D eigenvalue weighted by Gasteiger charge is 2.33. The Morgan fingerprint density at radius 1 is 1.18 bits per heavy atom. The van der Waals surface area contributed by atoms with Gasteiger partial charge in [-0.15, -0.1) is 0 Å². The van der Waals surface area contributed by atoms with Gasteiger partial charge in [0, 0.05) is 31.6 Å². The van der Waals surface area contributed by atoms with Crippen LogP contribution < -0.4 is 5.32 Å². The van der Waals surface area contributed by atoms with Crippen molar-refractivity contribution in [2.45, 2.75) is 39.2 Å². The van der Waals surface area contributed by atoms with Crippen molar-refractivity contribution < 1.29 is 24.3 Å². The third-order valence-electron chi connectivity index (χ3n) is 3.56. The molecule has 1 rings (SSSR count). The number of carbonyl (C=O) groups excluding carboxylic acids is 3. The van der Waals surface area contributed by atoms with Crippen molar-refractivity contribution in [3.8, 4) is 0 Å². The molecule has 0 aliphatic carbocycles. The number of aliphatic carboxylic acids is 1. The maximum absolute atomic E-state index is 12.0. The predicted molar refractivity (Wildman–Crippen MR) is 77.9 cm³/mol. The van der Waals surface area contributed by atoms with E-state index in [1.807, 2.05) is 0 Å². The molecule has 8 heteroatoms. The lowest BCUT2D eigenvalue weighted by atomic mass is 9.98. The molecule has 0 aromatic rings. The Morgan fingerprint density at radius 3 is 2.27 bits per heavy atom. The Bertz CT molecular complexity index is 475. The average Bonchev–Trinajstić information content (AvgIpc) is 2.41. The fourth-order valence-corrected chi connectivity index (χ4v) is 2.24. The first-order chi connectivity index (χ1) is 10.2. The quantitative estimate of drug-likeness (QED) is 0.613. The monoisotopic (exact) mass is 313 g/mol. The molecule has 1 heterocycles. The lowest BCUT2D eigenvalue weighted by Gasteiger charge is -2.33. The number of carboxylic acids is 1. The summed E-state index contributed by atoms with van der Waals surface area (Å²) >= 11 is 0. The van der Waals surface area contributed by atoms with Gasteiger partial charge >= 0.3 is 17.8 Å². The van der Waals surface area contributed by atoms with E-state index in [1.165, 1.54) is 9.80 Å². The summed E-state index contributed by atoms with van der Waals surface area (Å²) < 4.78 is 0. The smallest absolute Gasteiger partial charge is 0.312 e. The molecule has 0 unspecified atom stereocenters. The van der Waals surface area contributed by atoms with E-state index in [0.717, 1.165) is 0 Å². The van der Waals surface area contributed by atoms with Gasteiger partial charge in [0.25, 0.3) is 0 Å². The van der Waals surface area contributed by atoms with Crippen LogP contribution in [0.4, 0.5) is 0 Å². The minimum Gasteiger partial charge on any atom is -0.481 e. The van der Waals surface area contributed by atoms with Crippen LogP contribution in [0.1, 0.15) is 33.6 Å². The molecule has 0 bridgehead atoms. The standard InChI is InChI=1S/C14H23N3O5/c1-4-16-7-8-17(13(22)12(16)21)9-10(18)15-14(2,3)6-5-11(19)20/h4-9H2,1-3H3,(H,15,18)(H,19,20). The molecule has 2 N–H and O–H groups in total. The molecule has 3 amide bonds. The number of hydrogen-bond donors (Lipinski definition) is 2. The van der Waals surface area contributed by atoms with E-state index in [1.54, 1.807) is 20.8 Å². The van der Waals surface area contributed by atoms with Crippen molar-refractivity contribution in [3.63, 3.8) is 0 Å². The number of amides is 3. The second kappa shape index (κ2) is 7.24. The summed E-state index contributed by atoms with van der Waals surface area (Å²) in [4.78, 5) is 48.9. The van der Waals surface area contributed by atoms with Gasteiger partial charge in [-0.1, -0.05) is 0 Å². The zero-order valence-electron chi connectivity index (χ0n) is 13.2. The second-order valence-corrected chi connectivity index (χ2v) is 5.94. The van der Waals surface area contributed by atoms with Crippen molar-refractivity contribution in [1.29, 1.82) is 0 Å². The summed E-state index contributed by atoms with van der Waals surface area (Å²) in [5.41, 5.74) is -0.687. The summed E-state index contributed by atoms with van der Waals surface area (Å²) in [5.74, 6) is -2.60. The molecule has 1 fully saturated rings. The van der Waals surface area contributed by atoms with Crippen LogP contribution in [-0.2, 0) is 19.2 Å². The fraction of sp³-hybridized carbons (Fsp3) is 0.714. The van der Waals surface area contributed by atoms with E-state index in [0.29, 0.717) is 19.6 Å². The molecule has 124 valence electrons. The minimum atomic E-state index is -0.932. The minimum absolute atomic E-state index is 0.0557. The van der Waals surface area contributed by atoms with Gasteiger partial charge < -0.3 is 20.2 Å². The highest BCUT2D eigenvalue weighted by atomic mass is 16.4. The fourth-order valence-electron chi connectivity index (χ4n) is 2.24. The van der Waals surface area contributed by atoms with E-state index >= 15 is 0 Å². The van der Waals surface area contributed by atoms with Gasteiger partial charge in [-0.3, -0.25) is 19.2 Å². The van der Waals surface area contributed by atoms with Crippen LogP contribution >= 0.6 is 0 Å². The molecule has 8 nitrogen and oxygen atoms in total. The Morgan fingerprint density at radius 2 is 1.73 bits per heavy atom. The Hall–Kier alpha value is -2.12. The first kappa shape index (κ1) is 17.9. The molecule has 1 saturated heterocycles. The van der Waals surface area contributed by atoms with Crippen LogP contribution in [0.25, 0.3) is 0 Å². The summed E-state index contributed by atoms with van der Waals surface area (Å²) in [7, 11) is 0. The molecule has 1 aliphatic heterocycles. The van der Waals surface area contributed by atoms with Gasteiger partial charge in [0.05, 0.1) is 0 Å². The largest absolute Gasteiger partial charge is 0.481 e. The van der Waals surface area contributed by atoms with Crippen LogP contribution in [0.3, 0.4) is 0 Å². The van der Waals surface area contributed by atoms with E-state index in [2.05, 4.69) is 5.32 Å². The van der Waals surface area contributed by atoms with E-state index < -0.39 is 29.2 Å². The third kappa shape index (κ3) is 5.01. The first-order valence-corrected chi connectivity index (χ1v) is 7.27. The lowest BCUT2D eigenvalue weighted by Crippen LogP contribution is -2.57. The predicted octanol–water partition coefficient (Wildman–Crippen LogP) is -0.563. The zero-order valence-corrected chi connectivity index (χ0v) is 13.2. The summed E-state index contributed by atoms with van der Waals surface area (Å²) in [5, 5.41) is 11.4. The van der Waals surface area contributed by atoms with Crippen molar-refractivity contribution >= 4 is 23.7 Å². The average molecular weight is 313 g/mol. The van der Waals surface area contributed by atoms with Crippen LogP contribution in [0, 0.1) is 0 Å². The molecule has 0 spiro atoms. The maximum Gasteiger partial charge on any atom is 0.312 e. The molecule has 1 aliphatic rings. The number of nitrogens with zero attached hydrogens (tertiary/aromatic N) is 2. The first-order valence-electron chi connectivity index (χ1n) is 7.27. The normalized spacial score (nSPS) is 16.0. The van der Waals surface area contributed by atoms with E-state index in [4.69, 9.17) is 5.11 Å². The second-order valence-electron chi connectivity index (χ2n) is 5.94. The van der Waals surface area contributed by atoms with Gasteiger partial charge in [-0.25, -0.2) is 0 Å². The molecule has 0 aromatic heterocycles. The molecular formula is C14H23N3O5. The van der Waals surface area contributed by atoms with Gasteiger partial charge in [0.1, 0.15) is 6.54 Å². The van der Waals surface area contributed by atoms with Crippen molar-refractivity contribution in [2.24, 2.45) is 0 Å². The topological polar surface area (TPSA) is 107 Å². The highest BCUT2D eigenvalue weighted by Crippen LogP contribution is 2.11. The van der Waals surface area contributed by atoms with Crippen LogP contribution in [0.2, 0.25) is 0 Å². The number of rotatable bonds is 7. The van der Waals surface area contributed by atoms with Gasteiger partial charge in [-0.2, -0.15) is 0 Å². The highest BCUT2D eigenvalue weighted by molar-refractivity contribution is 6.35. The van der Waals surface area contributed by atoms with Crippen molar-refractivity contribution in [1.82, 2.24) is 15.1 Å². The number of piperazine rings is 1. The van der Waals surface area contributed by atoms with Gasteiger partial charge in [0.15, 0.2) is 0 Å². The Labute approximate surface area is 129 Å². The van der Waals surface area contributed by atoms with Gasteiger partial charge in [-0.05, 0) is 27.2 Å². The summed E-state index contributed by atoms with van der Waals surface area (Å²) in [6.07, 6.45) is 0.227. The maximum atomic E-state index is 12.0. The van der Waals surface area contributed by atoms with Gasteiger partial charge in [0.2, 0.25) is 5.91 Å². The third-order valence-corrected chi connectivity index (χ3v) is 3.56. The zero-order chi connectivity index (χ0) is 16.9. The molecule has 0 aromatic carbocycles. The summed E-state index contributed by atoms with van der Waals surface area (Å²) in [6, 6.07) is 0. The lowest BCUT2D eigenvalue weighted by molar-refractivity contribution is -0.156. The number of carbonyl (C=O) groups is 4. The van der Waals surface area contributed by atoms with E-state index in [9.17, 15) is 19.2 Å². The molecule has 0 saturated carbocycles. The Balaban J connectivity index is 2.53. The van der Waals surface area contributed by atoms with E-state index in [-0.39, 0.29) is 19.4 Å². The SMILES string of the molecule is CCN1CCN(CC(=O)NC(C)(C)CCC(=O)O)C(=O)C1=O. The summed E-state index contributed by atoms with van der Waals surface area (Å²) in [6.45, 7) is 6.23. The number of nitrogens with one attached hydrogen (secondary N) is 1.